The van der Waals surface area contributed by atoms with Crippen LogP contribution in [0.25, 0.3) is 0 Å². The monoisotopic (exact) mass is 309 g/mol. The van der Waals surface area contributed by atoms with Crippen LogP contribution in [-0.2, 0) is 0 Å². The summed E-state index contributed by atoms with van der Waals surface area (Å²) in [5, 5.41) is 4.02. The van der Waals surface area contributed by atoms with E-state index >= 15 is 0 Å². The van der Waals surface area contributed by atoms with Crippen molar-refractivity contribution in [2.45, 2.75) is 32.4 Å². The Morgan fingerprint density at radius 2 is 1.76 bits per heavy atom. The molecular weight excluding hydrogens is 292 g/mol. The van der Waals surface area contributed by atoms with Gasteiger partial charge in [0.05, 0.1) is 0 Å². The number of halogens is 3. The van der Waals surface area contributed by atoms with Gasteiger partial charge in [0.1, 0.15) is 0 Å². The Morgan fingerprint density at radius 3 is 2.38 bits per heavy atom. The molecule has 0 amide bonds. The SMILES string of the molecule is CCC(NC(C)c1cccc(F)c1F)c1ccc(Cl)cc1. The fourth-order valence-corrected chi connectivity index (χ4v) is 2.52. The number of benzene rings is 2. The molecule has 0 heterocycles. The fourth-order valence-electron chi connectivity index (χ4n) is 2.39. The fraction of sp³-hybridized carbons (Fsp3) is 0.294. The maximum atomic E-state index is 13.8. The van der Waals surface area contributed by atoms with Crippen LogP contribution in [0.2, 0.25) is 5.02 Å². The van der Waals surface area contributed by atoms with E-state index in [1.165, 1.54) is 6.07 Å². The Labute approximate surface area is 128 Å². The Hall–Kier alpha value is -1.45. The van der Waals surface area contributed by atoms with Gasteiger partial charge in [0, 0.05) is 22.7 Å². The molecule has 0 radical (unpaired) electrons. The molecule has 0 fully saturated rings. The van der Waals surface area contributed by atoms with Gasteiger partial charge in [-0.15, -0.1) is 0 Å². The highest BCUT2D eigenvalue weighted by molar-refractivity contribution is 6.30. The first-order valence-electron chi connectivity index (χ1n) is 6.98. The van der Waals surface area contributed by atoms with Crippen LogP contribution in [-0.4, -0.2) is 0 Å². The molecule has 2 aromatic rings. The lowest BCUT2D eigenvalue weighted by Gasteiger charge is -2.23. The number of hydrogen-bond acceptors (Lipinski definition) is 1. The zero-order chi connectivity index (χ0) is 15.4. The van der Waals surface area contributed by atoms with Crippen molar-refractivity contribution >= 4 is 11.6 Å². The maximum absolute atomic E-state index is 13.8. The Balaban J connectivity index is 2.18. The molecule has 1 N–H and O–H groups in total. The highest BCUT2D eigenvalue weighted by Crippen LogP contribution is 2.25. The van der Waals surface area contributed by atoms with E-state index in [1.54, 1.807) is 6.07 Å². The molecule has 1 nitrogen and oxygen atoms in total. The van der Waals surface area contributed by atoms with Crippen LogP contribution in [0.1, 0.15) is 43.5 Å². The van der Waals surface area contributed by atoms with Gasteiger partial charge in [-0.1, -0.05) is 42.8 Å². The molecule has 21 heavy (non-hydrogen) atoms. The van der Waals surface area contributed by atoms with Crippen molar-refractivity contribution in [3.05, 3.63) is 70.2 Å². The molecule has 0 aliphatic carbocycles. The minimum atomic E-state index is -0.819. The van der Waals surface area contributed by atoms with Crippen molar-refractivity contribution in [3.63, 3.8) is 0 Å². The average Bonchev–Trinajstić information content (AvgIpc) is 2.48. The van der Waals surface area contributed by atoms with Gasteiger partial charge in [-0.05, 0) is 37.1 Å². The molecule has 0 spiro atoms. The summed E-state index contributed by atoms with van der Waals surface area (Å²) >= 11 is 5.89. The highest BCUT2D eigenvalue weighted by atomic mass is 35.5. The lowest BCUT2D eigenvalue weighted by atomic mass is 10.0. The van der Waals surface area contributed by atoms with Gasteiger partial charge >= 0.3 is 0 Å². The van der Waals surface area contributed by atoms with Crippen LogP contribution < -0.4 is 5.32 Å². The third kappa shape index (κ3) is 3.80. The molecule has 112 valence electrons. The summed E-state index contributed by atoms with van der Waals surface area (Å²) in [5.74, 6) is -1.61. The first-order valence-corrected chi connectivity index (χ1v) is 7.36. The predicted molar refractivity (Wildman–Crippen MR) is 82.4 cm³/mol. The average molecular weight is 310 g/mol. The third-order valence-corrected chi connectivity index (χ3v) is 3.83. The van der Waals surface area contributed by atoms with Crippen molar-refractivity contribution in [3.8, 4) is 0 Å². The van der Waals surface area contributed by atoms with Crippen LogP contribution in [0.5, 0.6) is 0 Å². The first-order chi connectivity index (χ1) is 10.0. The summed E-state index contributed by atoms with van der Waals surface area (Å²) in [5.41, 5.74) is 1.41. The lowest BCUT2D eigenvalue weighted by Crippen LogP contribution is -2.25. The molecule has 4 heteroatoms. The van der Waals surface area contributed by atoms with E-state index in [0.717, 1.165) is 18.1 Å². The van der Waals surface area contributed by atoms with Crippen LogP contribution in [0.3, 0.4) is 0 Å². The number of hydrogen-bond donors (Lipinski definition) is 1. The number of nitrogens with one attached hydrogen (secondary N) is 1. The summed E-state index contributed by atoms with van der Waals surface area (Å²) in [6, 6.07) is 11.6. The molecular formula is C17H18ClF2N. The summed E-state index contributed by atoms with van der Waals surface area (Å²) in [6.07, 6.45) is 0.836. The van der Waals surface area contributed by atoms with Crippen LogP contribution >= 0.6 is 11.6 Å². The van der Waals surface area contributed by atoms with E-state index in [4.69, 9.17) is 11.6 Å². The van der Waals surface area contributed by atoms with Crippen LogP contribution in [0.4, 0.5) is 8.78 Å². The molecule has 0 aromatic heterocycles. The molecule has 0 aliphatic heterocycles. The largest absolute Gasteiger partial charge is 0.303 e. The van der Waals surface area contributed by atoms with Crippen molar-refractivity contribution in [1.29, 1.82) is 0 Å². The van der Waals surface area contributed by atoms with Gasteiger partial charge in [-0.2, -0.15) is 0 Å². The van der Waals surface area contributed by atoms with Gasteiger partial charge < -0.3 is 5.32 Å². The Morgan fingerprint density at radius 1 is 1.10 bits per heavy atom. The van der Waals surface area contributed by atoms with Crippen molar-refractivity contribution < 1.29 is 8.78 Å². The summed E-state index contributed by atoms with van der Waals surface area (Å²) in [6.45, 7) is 3.87. The third-order valence-electron chi connectivity index (χ3n) is 3.58. The van der Waals surface area contributed by atoms with E-state index in [2.05, 4.69) is 5.32 Å². The predicted octanol–water partition coefficient (Wildman–Crippen LogP) is 5.42. The second kappa shape index (κ2) is 7.01. The summed E-state index contributed by atoms with van der Waals surface area (Å²) < 4.78 is 27.1. The highest BCUT2D eigenvalue weighted by Gasteiger charge is 2.18. The van der Waals surface area contributed by atoms with E-state index in [1.807, 2.05) is 38.1 Å². The van der Waals surface area contributed by atoms with E-state index in [0.29, 0.717) is 10.6 Å². The van der Waals surface area contributed by atoms with Crippen molar-refractivity contribution in [2.24, 2.45) is 0 Å². The van der Waals surface area contributed by atoms with Gasteiger partial charge in [0.25, 0.3) is 0 Å². The maximum Gasteiger partial charge on any atom is 0.163 e. The van der Waals surface area contributed by atoms with Crippen LogP contribution in [0.15, 0.2) is 42.5 Å². The molecule has 0 aliphatic rings. The van der Waals surface area contributed by atoms with Crippen molar-refractivity contribution in [1.82, 2.24) is 5.32 Å². The molecule has 2 rings (SSSR count). The quantitative estimate of drug-likeness (QED) is 0.777. The Bertz CT molecular complexity index is 598. The van der Waals surface area contributed by atoms with Gasteiger partial charge in [-0.3, -0.25) is 0 Å². The normalized spacial score (nSPS) is 14.0. The summed E-state index contributed by atoms with van der Waals surface area (Å²) in [4.78, 5) is 0. The molecule has 2 atom stereocenters. The van der Waals surface area contributed by atoms with E-state index < -0.39 is 11.6 Å². The second-order valence-electron chi connectivity index (χ2n) is 5.04. The summed E-state index contributed by atoms with van der Waals surface area (Å²) in [7, 11) is 0. The minimum absolute atomic E-state index is 0.0555. The van der Waals surface area contributed by atoms with Gasteiger partial charge in [-0.25, -0.2) is 8.78 Å². The molecule has 0 bridgehead atoms. The van der Waals surface area contributed by atoms with Gasteiger partial charge in [0.15, 0.2) is 11.6 Å². The van der Waals surface area contributed by atoms with E-state index in [9.17, 15) is 8.78 Å². The smallest absolute Gasteiger partial charge is 0.163 e. The standard InChI is InChI=1S/C17H18ClF2N/c1-3-16(12-7-9-13(18)10-8-12)21-11(2)14-5-4-6-15(19)17(14)20/h4-11,16,21H,3H2,1-2H3. The van der Waals surface area contributed by atoms with Crippen LogP contribution in [0, 0.1) is 11.6 Å². The number of rotatable bonds is 5. The minimum Gasteiger partial charge on any atom is -0.303 e. The molecule has 0 saturated heterocycles. The first kappa shape index (κ1) is 15.9. The topological polar surface area (TPSA) is 12.0 Å². The zero-order valence-corrected chi connectivity index (χ0v) is 12.8. The van der Waals surface area contributed by atoms with E-state index in [-0.39, 0.29) is 12.1 Å². The molecule has 2 aromatic carbocycles. The van der Waals surface area contributed by atoms with Gasteiger partial charge in [0.2, 0.25) is 0 Å². The van der Waals surface area contributed by atoms with Crippen molar-refractivity contribution in [2.75, 3.05) is 0 Å². The molecule has 2 unspecified atom stereocenters. The zero-order valence-electron chi connectivity index (χ0n) is 12.0. The molecule has 0 saturated carbocycles. The second-order valence-corrected chi connectivity index (χ2v) is 5.48. The lowest BCUT2D eigenvalue weighted by molar-refractivity contribution is 0.428. The Kier molecular flexibility index (Phi) is 5.32.